The van der Waals surface area contributed by atoms with E-state index < -0.39 is 0 Å². The Bertz CT molecular complexity index is 780. The van der Waals surface area contributed by atoms with Crippen LogP contribution in [0.25, 0.3) is 0 Å². The molecule has 1 amide bonds. The van der Waals surface area contributed by atoms with Crippen LogP contribution in [0.15, 0.2) is 42.6 Å². The van der Waals surface area contributed by atoms with Gasteiger partial charge in [0.05, 0.1) is 7.11 Å². The van der Waals surface area contributed by atoms with E-state index in [-0.39, 0.29) is 5.91 Å². The molecule has 0 radical (unpaired) electrons. The van der Waals surface area contributed by atoms with Crippen LogP contribution in [0.1, 0.15) is 37.2 Å². The molecular formula is C23H32N4O2. The van der Waals surface area contributed by atoms with E-state index in [0.29, 0.717) is 18.8 Å². The molecular weight excluding hydrogens is 364 g/mol. The van der Waals surface area contributed by atoms with Gasteiger partial charge in [-0.3, -0.25) is 9.78 Å². The molecule has 0 saturated carbocycles. The Balaban J connectivity index is 1.63. The predicted molar refractivity (Wildman–Crippen MR) is 118 cm³/mol. The summed E-state index contributed by atoms with van der Waals surface area (Å²) in [7, 11) is 1.67. The number of amides is 1. The monoisotopic (exact) mass is 396 g/mol. The van der Waals surface area contributed by atoms with Crippen molar-refractivity contribution < 1.29 is 9.53 Å². The molecule has 29 heavy (non-hydrogen) atoms. The predicted octanol–water partition coefficient (Wildman–Crippen LogP) is 3.68. The Morgan fingerprint density at radius 1 is 1.03 bits per heavy atom. The van der Waals surface area contributed by atoms with Gasteiger partial charge in [-0.2, -0.15) is 0 Å². The molecule has 1 aromatic heterocycles. The van der Waals surface area contributed by atoms with Crippen molar-refractivity contribution in [2.45, 2.75) is 26.7 Å². The number of hydrogen-bond donors (Lipinski definition) is 0. The molecule has 1 aromatic carbocycles. The Kier molecular flexibility index (Phi) is 7.33. The molecule has 0 unspecified atom stereocenters. The van der Waals surface area contributed by atoms with Crippen LogP contribution in [-0.2, 0) is 0 Å². The van der Waals surface area contributed by atoms with E-state index in [2.05, 4.69) is 40.8 Å². The van der Waals surface area contributed by atoms with Gasteiger partial charge in [0.1, 0.15) is 11.4 Å². The van der Waals surface area contributed by atoms with Crippen LogP contribution in [0.4, 0.5) is 11.4 Å². The average molecular weight is 397 g/mol. The Hall–Kier alpha value is -2.76. The molecule has 1 saturated heterocycles. The summed E-state index contributed by atoms with van der Waals surface area (Å²) in [6, 6.07) is 12.0. The second-order valence-electron chi connectivity index (χ2n) is 7.36. The quantitative estimate of drug-likeness (QED) is 0.681. The number of benzene rings is 1. The number of nitrogens with zero attached hydrogens (tertiary/aromatic N) is 4. The molecule has 3 rings (SSSR count). The second-order valence-corrected chi connectivity index (χ2v) is 7.36. The molecule has 0 N–H and O–H groups in total. The van der Waals surface area contributed by atoms with E-state index >= 15 is 0 Å². The largest absolute Gasteiger partial charge is 0.497 e. The van der Waals surface area contributed by atoms with Gasteiger partial charge in [0.15, 0.2) is 0 Å². The fourth-order valence-electron chi connectivity index (χ4n) is 3.77. The standard InChI is InChI=1S/C23H32N4O2/c1-4-12-25(13-5-2)20-10-11-24-22(18-20)23(28)27-16-14-26(15-17-27)19-6-8-21(29-3)9-7-19/h6-11,18H,4-5,12-17H2,1-3H3. The molecule has 2 heterocycles. The van der Waals surface area contributed by atoms with Gasteiger partial charge in [0.2, 0.25) is 0 Å². The highest BCUT2D eigenvalue weighted by Gasteiger charge is 2.23. The Morgan fingerprint density at radius 3 is 2.28 bits per heavy atom. The van der Waals surface area contributed by atoms with E-state index in [9.17, 15) is 4.79 Å². The van der Waals surface area contributed by atoms with Crippen molar-refractivity contribution in [3.05, 3.63) is 48.3 Å². The van der Waals surface area contributed by atoms with Crippen molar-refractivity contribution in [1.82, 2.24) is 9.88 Å². The zero-order chi connectivity index (χ0) is 20.6. The Morgan fingerprint density at radius 2 is 1.69 bits per heavy atom. The first-order chi connectivity index (χ1) is 14.2. The number of ether oxygens (including phenoxy) is 1. The maximum Gasteiger partial charge on any atom is 0.272 e. The number of rotatable bonds is 8. The lowest BCUT2D eigenvalue weighted by Gasteiger charge is -2.36. The maximum atomic E-state index is 13.0. The number of carbonyl (C=O) groups excluding carboxylic acids is 1. The number of anilines is 2. The van der Waals surface area contributed by atoms with Crippen LogP contribution in [0, 0.1) is 0 Å². The highest BCUT2D eigenvalue weighted by Crippen LogP contribution is 2.22. The third-order valence-corrected chi connectivity index (χ3v) is 5.32. The zero-order valence-corrected chi connectivity index (χ0v) is 17.8. The first-order valence-electron chi connectivity index (χ1n) is 10.6. The minimum Gasteiger partial charge on any atom is -0.497 e. The number of piperazine rings is 1. The highest BCUT2D eigenvalue weighted by molar-refractivity contribution is 5.93. The minimum absolute atomic E-state index is 0.0224. The second kappa shape index (κ2) is 10.1. The summed E-state index contributed by atoms with van der Waals surface area (Å²) in [5.74, 6) is 0.878. The van der Waals surface area contributed by atoms with Gasteiger partial charge < -0.3 is 19.4 Å². The number of hydrogen-bond acceptors (Lipinski definition) is 5. The summed E-state index contributed by atoms with van der Waals surface area (Å²) in [6.07, 6.45) is 3.92. The first kappa shape index (κ1) is 21.0. The number of carbonyl (C=O) groups is 1. The third kappa shape index (κ3) is 5.19. The van der Waals surface area contributed by atoms with Gasteiger partial charge in [-0.15, -0.1) is 0 Å². The van der Waals surface area contributed by atoms with E-state index in [4.69, 9.17) is 4.74 Å². The van der Waals surface area contributed by atoms with Gasteiger partial charge in [0, 0.05) is 56.8 Å². The smallest absolute Gasteiger partial charge is 0.272 e. The van der Waals surface area contributed by atoms with Crippen molar-refractivity contribution in [3.63, 3.8) is 0 Å². The summed E-state index contributed by atoms with van der Waals surface area (Å²) in [5.41, 5.74) is 2.79. The normalized spacial score (nSPS) is 14.0. The van der Waals surface area contributed by atoms with Gasteiger partial charge in [0.25, 0.3) is 5.91 Å². The SMILES string of the molecule is CCCN(CCC)c1ccnc(C(=O)N2CCN(c3ccc(OC)cc3)CC2)c1. The van der Waals surface area contributed by atoms with E-state index in [1.54, 1.807) is 13.3 Å². The number of methoxy groups -OCH3 is 1. The molecule has 156 valence electrons. The van der Waals surface area contributed by atoms with Crippen molar-refractivity contribution in [2.24, 2.45) is 0 Å². The summed E-state index contributed by atoms with van der Waals surface area (Å²) < 4.78 is 5.23. The highest BCUT2D eigenvalue weighted by atomic mass is 16.5. The van der Waals surface area contributed by atoms with Crippen LogP contribution in [0.3, 0.4) is 0 Å². The van der Waals surface area contributed by atoms with Crippen LogP contribution in [-0.4, -0.2) is 62.2 Å². The summed E-state index contributed by atoms with van der Waals surface area (Å²) in [6.45, 7) is 9.37. The van der Waals surface area contributed by atoms with Gasteiger partial charge in [-0.25, -0.2) is 0 Å². The lowest BCUT2D eigenvalue weighted by Crippen LogP contribution is -2.49. The van der Waals surface area contributed by atoms with Crippen molar-refractivity contribution in [1.29, 1.82) is 0 Å². The van der Waals surface area contributed by atoms with Gasteiger partial charge in [-0.05, 0) is 49.2 Å². The maximum absolute atomic E-state index is 13.0. The third-order valence-electron chi connectivity index (χ3n) is 5.32. The van der Waals surface area contributed by atoms with Gasteiger partial charge >= 0.3 is 0 Å². The van der Waals surface area contributed by atoms with Gasteiger partial charge in [-0.1, -0.05) is 13.8 Å². The van der Waals surface area contributed by atoms with Crippen LogP contribution in [0.2, 0.25) is 0 Å². The van der Waals surface area contributed by atoms with E-state index in [1.165, 1.54) is 0 Å². The van der Waals surface area contributed by atoms with E-state index in [1.807, 2.05) is 29.2 Å². The molecule has 0 spiro atoms. The molecule has 1 fully saturated rings. The molecule has 6 nitrogen and oxygen atoms in total. The van der Waals surface area contributed by atoms with E-state index in [0.717, 1.165) is 56.1 Å². The van der Waals surface area contributed by atoms with Crippen molar-refractivity contribution >= 4 is 17.3 Å². The fraction of sp³-hybridized carbons (Fsp3) is 0.478. The van der Waals surface area contributed by atoms with Crippen LogP contribution in [0.5, 0.6) is 5.75 Å². The molecule has 0 bridgehead atoms. The summed E-state index contributed by atoms with van der Waals surface area (Å²) in [4.78, 5) is 23.9. The van der Waals surface area contributed by atoms with Crippen LogP contribution < -0.4 is 14.5 Å². The lowest BCUT2D eigenvalue weighted by atomic mass is 10.2. The molecule has 1 aliphatic rings. The molecule has 1 aliphatic heterocycles. The average Bonchev–Trinajstić information content (AvgIpc) is 2.79. The molecule has 0 aliphatic carbocycles. The summed E-state index contributed by atoms with van der Waals surface area (Å²) in [5, 5.41) is 0. The first-order valence-corrected chi connectivity index (χ1v) is 10.6. The molecule has 6 heteroatoms. The minimum atomic E-state index is 0.0224. The topological polar surface area (TPSA) is 48.9 Å². The fourth-order valence-corrected chi connectivity index (χ4v) is 3.77. The number of pyridine rings is 1. The Labute approximate surface area is 174 Å². The van der Waals surface area contributed by atoms with Crippen molar-refractivity contribution in [3.8, 4) is 5.75 Å². The lowest BCUT2D eigenvalue weighted by molar-refractivity contribution is 0.0741. The van der Waals surface area contributed by atoms with Crippen molar-refractivity contribution in [2.75, 3.05) is 56.2 Å². The molecule has 2 aromatic rings. The molecule has 0 atom stereocenters. The number of aromatic nitrogens is 1. The zero-order valence-electron chi connectivity index (χ0n) is 17.8. The summed E-state index contributed by atoms with van der Waals surface area (Å²) >= 11 is 0. The van der Waals surface area contributed by atoms with Crippen LogP contribution >= 0.6 is 0 Å².